The molecule has 20 heavy (non-hydrogen) atoms. The summed E-state index contributed by atoms with van der Waals surface area (Å²) < 4.78 is 10.1. The Morgan fingerprint density at radius 1 is 1.45 bits per heavy atom. The number of carbonyl (C=O) groups excluding carboxylic acids is 1. The van der Waals surface area contributed by atoms with E-state index in [0.29, 0.717) is 6.42 Å². The number of aliphatic hydroxyl groups is 1. The van der Waals surface area contributed by atoms with Crippen LogP contribution in [0.4, 0.5) is 5.69 Å². The topological polar surface area (TPSA) is 98.9 Å². The summed E-state index contributed by atoms with van der Waals surface area (Å²) in [6.45, 7) is 3.22. The third-order valence-corrected chi connectivity index (χ3v) is 2.64. The van der Waals surface area contributed by atoms with E-state index in [0.717, 1.165) is 6.07 Å². The van der Waals surface area contributed by atoms with Crippen LogP contribution in [-0.4, -0.2) is 23.1 Å². The molecule has 1 aromatic rings. The van der Waals surface area contributed by atoms with Gasteiger partial charge in [0.25, 0.3) is 5.69 Å². The number of esters is 1. The van der Waals surface area contributed by atoms with Gasteiger partial charge in [0.2, 0.25) is 0 Å². The fourth-order valence-electron chi connectivity index (χ4n) is 1.67. The molecule has 7 nitrogen and oxygen atoms in total. The van der Waals surface area contributed by atoms with Gasteiger partial charge in [-0.15, -0.1) is 0 Å². The zero-order valence-electron chi connectivity index (χ0n) is 11.6. The van der Waals surface area contributed by atoms with Crippen LogP contribution in [0.3, 0.4) is 0 Å². The van der Waals surface area contributed by atoms with Gasteiger partial charge in [0.05, 0.1) is 29.8 Å². The zero-order valence-corrected chi connectivity index (χ0v) is 11.6. The lowest BCUT2D eigenvalue weighted by Gasteiger charge is -2.12. The van der Waals surface area contributed by atoms with Crippen molar-refractivity contribution < 1.29 is 24.3 Å². The lowest BCUT2D eigenvalue weighted by Crippen LogP contribution is -2.09. The smallest absolute Gasteiger partial charge is 0.311 e. The molecular formula is C13H17NO6. The van der Waals surface area contributed by atoms with Gasteiger partial charge in [-0.1, -0.05) is 6.92 Å². The summed E-state index contributed by atoms with van der Waals surface area (Å²) in [5, 5.41) is 20.6. The second-order valence-electron chi connectivity index (χ2n) is 4.22. The van der Waals surface area contributed by atoms with Crippen molar-refractivity contribution in [3.8, 4) is 11.5 Å². The average Bonchev–Trinajstić information content (AvgIpc) is 2.38. The molecule has 1 N–H and O–H groups in total. The van der Waals surface area contributed by atoms with Crippen molar-refractivity contribution in [3.05, 3.63) is 27.8 Å². The maximum Gasteiger partial charge on any atom is 0.311 e. The standard InChI is InChI=1S/C13H17NO6/c1-4-5-13(16)20-12-7-10(14(17)18)9(8(2)15)6-11(12)19-3/h6-8,15H,4-5H2,1-3H3. The average molecular weight is 283 g/mol. The van der Waals surface area contributed by atoms with Crippen LogP contribution in [0.5, 0.6) is 11.5 Å². The number of benzene rings is 1. The van der Waals surface area contributed by atoms with Crippen LogP contribution in [0, 0.1) is 10.1 Å². The number of nitro benzene ring substituents is 1. The number of methoxy groups -OCH3 is 1. The predicted octanol–water partition coefficient (Wildman–Crippen LogP) is 2.36. The molecule has 0 aromatic heterocycles. The maximum atomic E-state index is 11.5. The summed E-state index contributed by atoms with van der Waals surface area (Å²) in [4.78, 5) is 21.8. The molecule has 0 aliphatic heterocycles. The largest absolute Gasteiger partial charge is 0.493 e. The first kappa shape index (κ1) is 15.9. The Kier molecular flexibility index (Phi) is 5.45. The molecule has 1 atom stereocenters. The van der Waals surface area contributed by atoms with Gasteiger partial charge in [0.15, 0.2) is 11.5 Å². The highest BCUT2D eigenvalue weighted by molar-refractivity contribution is 5.74. The lowest BCUT2D eigenvalue weighted by molar-refractivity contribution is -0.386. The third kappa shape index (κ3) is 3.67. The van der Waals surface area contributed by atoms with Gasteiger partial charge in [-0.3, -0.25) is 14.9 Å². The molecule has 0 heterocycles. The molecule has 7 heteroatoms. The number of carbonyl (C=O) groups is 1. The molecule has 0 saturated carbocycles. The normalized spacial score (nSPS) is 11.8. The Balaban J connectivity index is 3.26. The first-order chi connectivity index (χ1) is 9.40. The molecule has 0 saturated heterocycles. The SMILES string of the molecule is CCCC(=O)Oc1cc([N+](=O)[O-])c(C(C)O)cc1OC. The van der Waals surface area contributed by atoms with Crippen molar-refractivity contribution in [2.24, 2.45) is 0 Å². The summed E-state index contributed by atoms with van der Waals surface area (Å²) >= 11 is 0. The third-order valence-electron chi connectivity index (χ3n) is 2.64. The van der Waals surface area contributed by atoms with E-state index in [2.05, 4.69) is 0 Å². The predicted molar refractivity (Wildman–Crippen MR) is 70.8 cm³/mol. The van der Waals surface area contributed by atoms with Gasteiger partial charge in [0.1, 0.15) is 0 Å². The first-order valence-electron chi connectivity index (χ1n) is 6.15. The summed E-state index contributed by atoms with van der Waals surface area (Å²) in [6, 6.07) is 2.39. The van der Waals surface area contributed by atoms with Crippen LogP contribution >= 0.6 is 0 Å². The van der Waals surface area contributed by atoms with E-state index in [1.54, 1.807) is 0 Å². The second kappa shape index (κ2) is 6.85. The molecule has 1 aromatic carbocycles. The Bertz CT molecular complexity index is 512. The van der Waals surface area contributed by atoms with Gasteiger partial charge in [-0.05, 0) is 19.4 Å². The molecule has 1 unspecified atom stereocenters. The van der Waals surface area contributed by atoms with Gasteiger partial charge in [-0.25, -0.2) is 0 Å². The minimum absolute atomic E-state index is 0.0259. The summed E-state index contributed by atoms with van der Waals surface area (Å²) in [5.74, 6) is -0.358. The minimum Gasteiger partial charge on any atom is -0.493 e. The van der Waals surface area contributed by atoms with Gasteiger partial charge in [-0.2, -0.15) is 0 Å². The van der Waals surface area contributed by atoms with Crippen LogP contribution in [0.1, 0.15) is 38.4 Å². The molecule has 0 radical (unpaired) electrons. The number of aliphatic hydroxyl groups excluding tert-OH is 1. The lowest BCUT2D eigenvalue weighted by atomic mass is 10.1. The van der Waals surface area contributed by atoms with Crippen molar-refractivity contribution in [1.82, 2.24) is 0 Å². The fourth-order valence-corrected chi connectivity index (χ4v) is 1.67. The second-order valence-corrected chi connectivity index (χ2v) is 4.22. The molecule has 0 fully saturated rings. The minimum atomic E-state index is -1.04. The van der Waals surface area contributed by atoms with Crippen molar-refractivity contribution in [2.75, 3.05) is 7.11 Å². The highest BCUT2D eigenvalue weighted by Gasteiger charge is 2.23. The molecule has 0 spiro atoms. The van der Waals surface area contributed by atoms with E-state index in [1.165, 1.54) is 20.1 Å². The molecule has 0 bridgehead atoms. The van der Waals surface area contributed by atoms with E-state index in [1.807, 2.05) is 6.92 Å². The van der Waals surface area contributed by atoms with Gasteiger partial charge < -0.3 is 14.6 Å². The molecule has 110 valence electrons. The van der Waals surface area contributed by atoms with Crippen molar-refractivity contribution >= 4 is 11.7 Å². The monoisotopic (exact) mass is 283 g/mol. The number of nitrogens with zero attached hydrogens (tertiary/aromatic N) is 1. The van der Waals surface area contributed by atoms with Crippen molar-refractivity contribution in [3.63, 3.8) is 0 Å². The Hall–Kier alpha value is -2.15. The van der Waals surface area contributed by atoms with E-state index >= 15 is 0 Å². The van der Waals surface area contributed by atoms with Crippen molar-refractivity contribution in [2.45, 2.75) is 32.8 Å². The Morgan fingerprint density at radius 2 is 2.10 bits per heavy atom. The molecule has 0 aliphatic carbocycles. The summed E-state index contributed by atoms with van der Waals surface area (Å²) in [6.07, 6.45) is -0.228. The maximum absolute atomic E-state index is 11.5. The number of ether oxygens (including phenoxy) is 2. The van der Waals surface area contributed by atoms with Crippen LogP contribution in [0.25, 0.3) is 0 Å². The van der Waals surface area contributed by atoms with E-state index in [9.17, 15) is 20.0 Å². The Morgan fingerprint density at radius 3 is 2.55 bits per heavy atom. The highest BCUT2D eigenvalue weighted by atomic mass is 16.6. The van der Waals surface area contributed by atoms with Crippen LogP contribution < -0.4 is 9.47 Å². The van der Waals surface area contributed by atoms with E-state index < -0.39 is 17.0 Å². The number of nitro groups is 1. The number of hydrogen-bond acceptors (Lipinski definition) is 6. The zero-order chi connectivity index (χ0) is 15.3. The van der Waals surface area contributed by atoms with Crippen LogP contribution in [0.15, 0.2) is 12.1 Å². The van der Waals surface area contributed by atoms with E-state index in [-0.39, 0.29) is 29.2 Å². The number of rotatable bonds is 6. The van der Waals surface area contributed by atoms with Crippen LogP contribution in [0.2, 0.25) is 0 Å². The molecular weight excluding hydrogens is 266 g/mol. The van der Waals surface area contributed by atoms with Crippen molar-refractivity contribution in [1.29, 1.82) is 0 Å². The Labute approximate surface area is 116 Å². The van der Waals surface area contributed by atoms with E-state index in [4.69, 9.17) is 9.47 Å². The number of hydrogen-bond donors (Lipinski definition) is 1. The summed E-state index contributed by atoms with van der Waals surface area (Å²) in [5.41, 5.74) is -0.220. The van der Waals surface area contributed by atoms with Gasteiger partial charge in [0, 0.05) is 6.42 Å². The molecule has 1 rings (SSSR count). The van der Waals surface area contributed by atoms with Gasteiger partial charge >= 0.3 is 5.97 Å². The summed E-state index contributed by atoms with van der Waals surface area (Å²) in [7, 11) is 1.35. The first-order valence-corrected chi connectivity index (χ1v) is 6.15. The molecule has 0 amide bonds. The quantitative estimate of drug-likeness (QED) is 0.372. The fraction of sp³-hybridized carbons (Fsp3) is 0.462. The molecule has 0 aliphatic rings. The van der Waals surface area contributed by atoms with Crippen LogP contribution in [-0.2, 0) is 4.79 Å². The highest BCUT2D eigenvalue weighted by Crippen LogP contribution is 2.37.